The first-order valence-electron chi connectivity index (χ1n) is 14.4. The molecule has 3 aromatic rings. The van der Waals surface area contributed by atoms with Crippen molar-refractivity contribution in [1.82, 2.24) is 4.90 Å². The van der Waals surface area contributed by atoms with Gasteiger partial charge >= 0.3 is 0 Å². The predicted octanol–water partition coefficient (Wildman–Crippen LogP) is 6.61. The van der Waals surface area contributed by atoms with Crippen LogP contribution in [-0.4, -0.2) is 49.3 Å². The highest BCUT2D eigenvalue weighted by Gasteiger charge is 2.42. The number of para-hydroxylation sites is 2. The van der Waals surface area contributed by atoms with Gasteiger partial charge in [0.25, 0.3) is 0 Å². The Morgan fingerprint density at radius 1 is 0.927 bits per heavy atom. The van der Waals surface area contributed by atoms with E-state index in [1.807, 2.05) is 47.4 Å². The van der Waals surface area contributed by atoms with Crippen molar-refractivity contribution in [2.24, 2.45) is 5.41 Å². The molecule has 0 radical (unpaired) electrons. The Bertz CT molecular complexity index is 1490. The highest BCUT2D eigenvalue weighted by molar-refractivity contribution is 6.30. The summed E-state index contributed by atoms with van der Waals surface area (Å²) < 4.78 is 0. The minimum atomic E-state index is -0.357. The first kappa shape index (κ1) is 27.4. The van der Waals surface area contributed by atoms with Gasteiger partial charge in [-0.3, -0.25) is 9.59 Å². The van der Waals surface area contributed by atoms with Gasteiger partial charge in [-0.05, 0) is 60.7 Å². The van der Waals surface area contributed by atoms with Crippen LogP contribution in [0.2, 0.25) is 5.02 Å². The Morgan fingerprint density at radius 2 is 1.61 bits per heavy atom. The van der Waals surface area contributed by atoms with Crippen LogP contribution in [0.5, 0.6) is 0 Å². The molecule has 1 amide bonds. The lowest BCUT2D eigenvalue weighted by molar-refractivity contribution is -0.130. The molecule has 0 saturated carbocycles. The van der Waals surface area contributed by atoms with Gasteiger partial charge in [-0.2, -0.15) is 0 Å². The molecule has 41 heavy (non-hydrogen) atoms. The molecule has 6 rings (SSSR count). The van der Waals surface area contributed by atoms with E-state index < -0.39 is 0 Å². The number of carbonyl (C=O) groups excluding carboxylic acids is 2. The maximum Gasteiger partial charge on any atom is 0.242 e. The van der Waals surface area contributed by atoms with E-state index in [1.165, 1.54) is 0 Å². The van der Waals surface area contributed by atoms with Crippen LogP contribution in [0.3, 0.4) is 0 Å². The first-order chi connectivity index (χ1) is 19.7. The molecule has 212 valence electrons. The summed E-state index contributed by atoms with van der Waals surface area (Å²) in [6.07, 6.45) is 1.26. The van der Waals surface area contributed by atoms with Gasteiger partial charge in [0, 0.05) is 54.6 Å². The topological polar surface area (TPSA) is 55.9 Å². The molecule has 1 saturated heterocycles. The maximum absolute atomic E-state index is 14.0. The molecular formula is C34H37ClN4O2. The lowest BCUT2D eigenvalue weighted by atomic mass is 9.73. The van der Waals surface area contributed by atoms with Gasteiger partial charge < -0.3 is 20.0 Å². The predicted molar refractivity (Wildman–Crippen MR) is 167 cm³/mol. The van der Waals surface area contributed by atoms with Crippen molar-refractivity contribution in [1.29, 1.82) is 0 Å². The summed E-state index contributed by atoms with van der Waals surface area (Å²) >= 11 is 6.08. The van der Waals surface area contributed by atoms with Gasteiger partial charge in [-0.25, -0.2) is 0 Å². The van der Waals surface area contributed by atoms with Crippen molar-refractivity contribution in [3.8, 4) is 0 Å². The molecule has 0 spiro atoms. The Hall–Kier alpha value is -3.77. The number of ketones is 1. The zero-order valence-corrected chi connectivity index (χ0v) is 24.7. The molecule has 7 heteroatoms. The second-order valence-corrected chi connectivity index (χ2v) is 12.7. The quantitative estimate of drug-likeness (QED) is 0.384. The van der Waals surface area contributed by atoms with Crippen LogP contribution in [0.1, 0.15) is 43.9 Å². The average Bonchev–Trinajstić information content (AvgIpc) is 3.08. The number of anilines is 3. The number of benzene rings is 3. The number of halogens is 1. The number of piperazine rings is 1. The van der Waals surface area contributed by atoms with Crippen molar-refractivity contribution < 1.29 is 9.59 Å². The molecule has 1 atom stereocenters. The van der Waals surface area contributed by atoms with E-state index in [0.717, 1.165) is 64.0 Å². The van der Waals surface area contributed by atoms with Crippen LogP contribution in [0, 0.1) is 12.3 Å². The molecule has 0 aromatic heterocycles. The van der Waals surface area contributed by atoms with Crippen molar-refractivity contribution in [2.75, 3.05) is 47.8 Å². The van der Waals surface area contributed by atoms with E-state index in [2.05, 4.69) is 66.2 Å². The normalized spacial score (nSPS) is 20.2. The molecule has 0 bridgehead atoms. The van der Waals surface area contributed by atoms with E-state index in [1.54, 1.807) is 0 Å². The second kappa shape index (κ2) is 10.9. The Kier molecular flexibility index (Phi) is 7.28. The number of nitrogens with zero attached hydrogens (tertiary/aromatic N) is 3. The number of Topliss-reactive ketones (excluding diaryl/α,β-unsaturated/α-hetero) is 1. The Morgan fingerprint density at radius 3 is 2.32 bits per heavy atom. The summed E-state index contributed by atoms with van der Waals surface area (Å²) in [7, 11) is 0. The van der Waals surface area contributed by atoms with Gasteiger partial charge in [0.2, 0.25) is 5.91 Å². The van der Waals surface area contributed by atoms with Gasteiger partial charge in [-0.15, -0.1) is 0 Å². The van der Waals surface area contributed by atoms with E-state index in [-0.39, 0.29) is 29.7 Å². The van der Waals surface area contributed by atoms with Crippen molar-refractivity contribution in [2.45, 2.75) is 39.7 Å². The van der Waals surface area contributed by atoms with Gasteiger partial charge in [0.05, 0.1) is 24.0 Å². The summed E-state index contributed by atoms with van der Waals surface area (Å²) in [5, 5.41) is 4.36. The van der Waals surface area contributed by atoms with Crippen LogP contribution in [0.4, 0.5) is 17.1 Å². The summed E-state index contributed by atoms with van der Waals surface area (Å²) in [6, 6.07) is 24.0. The third-order valence-electron chi connectivity index (χ3n) is 8.53. The monoisotopic (exact) mass is 568 g/mol. The number of carbonyl (C=O) groups is 2. The first-order valence-corrected chi connectivity index (χ1v) is 14.8. The number of aryl methyl sites for hydroxylation is 1. The maximum atomic E-state index is 14.0. The minimum Gasteiger partial charge on any atom is -0.368 e. The number of nitrogens with one attached hydrogen (secondary N) is 1. The number of amides is 1. The lowest BCUT2D eigenvalue weighted by Crippen LogP contribution is -2.52. The molecule has 1 aliphatic carbocycles. The zero-order chi connectivity index (χ0) is 28.7. The van der Waals surface area contributed by atoms with Gasteiger partial charge in [0.15, 0.2) is 5.78 Å². The number of hydrogen-bond donors (Lipinski definition) is 1. The number of hydrogen-bond acceptors (Lipinski definition) is 5. The molecule has 3 aromatic carbocycles. The van der Waals surface area contributed by atoms with Crippen LogP contribution in [-0.2, 0) is 9.59 Å². The molecule has 2 aliphatic heterocycles. The van der Waals surface area contributed by atoms with Crippen LogP contribution in [0.15, 0.2) is 84.1 Å². The molecule has 3 aliphatic rings. The fourth-order valence-electron chi connectivity index (χ4n) is 6.43. The smallest absolute Gasteiger partial charge is 0.242 e. The van der Waals surface area contributed by atoms with E-state index in [4.69, 9.17) is 11.6 Å². The Labute approximate surface area is 247 Å². The third-order valence-corrected chi connectivity index (χ3v) is 8.78. The highest BCUT2D eigenvalue weighted by Crippen LogP contribution is 2.48. The molecule has 2 heterocycles. The highest BCUT2D eigenvalue weighted by atomic mass is 35.5. The Balaban J connectivity index is 1.34. The summed E-state index contributed by atoms with van der Waals surface area (Å²) in [4.78, 5) is 34.3. The van der Waals surface area contributed by atoms with E-state index in [9.17, 15) is 9.59 Å². The molecule has 1 unspecified atom stereocenters. The van der Waals surface area contributed by atoms with Crippen LogP contribution < -0.4 is 15.1 Å². The molecule has 6 nitrogen and oxygen atoms in total. The molecular weight excluding hydrogens is 532 g/mol. The van der Waals surface area contributed by atoms with Crippen molar-refractivity contribution in [3.05, 3.63) is 100 Å². The SMILES string of the molecule is Cc1ccc(C2C3=C(CC(C)(C)CC3=O)Nc3ccccc3N2CC(=O)N2CCN(c3ccc(Cl)cc3)CC2)cc1. The van der Waals surface area contributed by atoms with Crippen molar-refractivity contribution >= 4 is 40.4 Å². The van der Waals surface area contributed by atoms with Crippen LogP contribution >= 0.6 is 11.6 Å². The zero-order valence-electron chi connectivity index (χ0n) is 24.0. The standard InChI is InChI=1S/C34H37ClN4O2/c1-23-8-10-24(11-9-23)33-32-28(20-34(2,3)21-30(32)40)36-27-6-4-5-7-29(27)39(33)22-31(41)38-18-16-37(17-19-38)26-14-12-25(35)13-15-26/h4-15,33,36H,16-22H2,1-3H3. The third kappa shape index (κ3) is 5.58. The number of rotatable bonds is 4. The fourth-order valence-corrected chi connectivity index (χ4v) is 6.56. The minimum absolute atomic E-state index is 0.0697. The summed E-state index contributed by atoms with van der Waals surface area (Å²) in [5.74, 6) is 0.219. The largest absolute Gasteiger partial charge is 0.368 e. The number of fused-ring (bicyclic) bond motifs is 1. The summed E-state index contributed by atoms with van der Waals surface area (Å²) in [5.41, 5.74) is 6.78. The van der Waals surface area contributed by atoms with Crippen molar-refractivity contribution in [3.63, 3.8) is 0 Å². The van der Waals surface area contributed by atoms with Gasteiger partial charge in [0.1, 0.15) is 0 Å². The fraction of sp³-hybridized carbons (Fsp3) is 0.353. The van der Waals surface area contributed by atoms with E-state index >= 15 is 0 Å². The number of allylic oxidation sites excluding steroid dienone is 1. The second-order valence-electron chi connectivity index (χ2n) is 12.3. The summed E-state index contributed by atoms with van der Waals surface area (Å²) in [6.45, 7) is 9.36. The molecule has 1 N–H and O–H groups in total. The average molecular weight is 569 g/mol. The van der Waals surface area contributed by atoms with Crippen LogP contribution in [0.25, 0.3) is 0 Å². The van der Waals surface area contributed by atoms with E-state index in [0.29, 0.717) is 19.5 Å². The lowest BCUT2D eigenvalue weighted by Gasteiger charge is -2.40. The van der Waals surface area contributed by atoms with Gasteiger partial charge in [-0.1, -0.05) is 67.4 Å². The molecule has 1 fully saturated rings.